The van der Waals surface area contributed by atoms with Crippen molar-refractivity contribution in [2.45, 2.75) is 4.90 Å². The van der Waals surface area contributed by atoms with Gasteiger partial charge in [-0.05, 0) is 12.1 Å². The molecule has 0 aliphatic carbocycles. The first-order valence-corrected chi connectivity index (χ1v) is 6.11. The van der Waals surface area contributed by atoms with Gasteiger partial charge in [0.2, 0.25) is 0 Å². The highest BCUT2D eigenvalue weighted by Gasteiger charge is 2.25. The SMILES string of the molecule is CNC(=O)c1cc(Cl)cc(S(=O)(=O)F)c1OC. The van der Waals surface area contributed by atoms with E-state index in [-0.39, 0.29) is 16.3 Å². The van der Waals surface area contributed by atoms with E-state index in [0.29, 0.717) is 0 Å². The number of carbonyl (C=O) groups excluding carboxylic acids is 1. The quantitative estimate of drug-likeness (QED) is 0.849. The molecule has 0 atom stereocenters. The summed E-state index contributed by atoms with van der Waals surface area (Å²) in [7, 11) is -2.55. The third kappa shape index (κ3) is 2.86. The van der Waals surface area contributed by atoms with Crippen LogP contribution in [0.2, 0.25) is 5.02 Å². The first-order valence-electron chi connectivity index (χ1n) is 4.35. The average Bonchev–Trinajstić information content (AvgIpc) is 2.25. The van der Waals surface area contributed by atoms with Crippen molar-refractivity contribution in [2.24, 2.45) is 0 Å². The highest BCUT2D eigenvalue weighted by molar-refractivity contribution is 7.86. The summed E-state index contributed by atoms with van der Waals surface area (Å²) in [5.74, 6) is -1.01. The van der Waals surface area contributed by atoms with Crippen LogP contribution in [0.5, 0.6) is 5.75 Å². The van der Waals surface area contributed by atoms with Crippen molar-refractivity contribution in [1.82, 2.24) is 5.32 Å². The zero-order valence-corrected chi connectivity index (χ0v) is 10.5. The number of methoxy groups -OCH3 is 1. The molecule has 0 bridgehead atoms. The number of halogens is 2. The molecule has 8 heteroatoms. The highest BCUT2D eigenvalue weighted by atomic mass is 35.5. The molecule has 0 unspecified atom stereocenters. The molecule has 1 aromatic rings. The predicted octanol–water partition coefficient (Wildman–Crippen LogP) is 1.37. The molecule has 1 N–H and O–H groups in total. The van der Waals surface area contributed by atoms with Crippen LogP contribution in [0.4, 0.5) is 3.89 Å². The summed E-state index contributed by atoms with van der Waals surface area (Å²) in [6.45, 7) is 0. The van der Waals surface area contributed by atoms with Crippen LogP contribution in [0.25, 0.3) is 0 Å². The first kappa shape index (κ1) is 13.7. The Morgan fingerprint density at radius 1 is 1.47 bits per heavy atom. The minimum atomic E-state index is -5.02. The van der Waals surface area contributed by atoms with Crippen LogP contribution in [0.3, 0.4) is 0 Å². The Labute approximate surface area is 103 Å². The fourth-order valence-corrected chi connectivity index (χ4v) is 2.23. The first-order chi connectivity index (χ1) is 7.81. The third-order valence-corrected chi connectivity index (χ3v) is 3.00. The van der Waals surface area contributed by atoms with Gasteiger partial charge in [0.1, 0.15) is 4.90 Å². The van der Waals surface area contributed by atoms with E-state index in [9.17, 15) is 17.1 Å². The molecule has 0 radical (unpaired) electrons. The summed E-state index contributed by atoms with van der Waals surface area (Å²) >= 11 is 5.62. The number of amides is 1. The lowest BCUT2D eigenvalue weighted by Gasteiger charge is -2.10. The maximum atomic E-state index is 13.0. The van der Waals surface area contributed by atoms with Crippen LogP contribution in [0.1, 0.15) is 10.4 Å². The predicted molar refractivity (Wildman–Crippen MR) is 59.7 cm³/mol. The molecule has 1 aromatic carbocycles. The van der Waals surface area contributed by atoms with Crippen LogP contribution in [-0.4, -0.2) is 28.5 Å². The molecular weight excluding hydrogens is 273 g/mol. The topological polar surface area (TPSA) is 72.5 Å². The second kappa shape index (κ2) is 4.89. The van der Waals surface area contributed by atoms with E-state index in [4.69, 9.17) is 16.3 Å². The minimum absolute atomic E-state index is 0.0828. The molecule has 0 saturated carbocycles. The van der Waals surface area contributed by atoms with Gasteiger partial charge in [-0.2, -0.15) is 8.42 Å². The maximum absolute atomic E-state index is 13.0. The number of nitrogens with one attached hydrogen (secondary N) is 1. The van der Waals surface area contributed by atoms with Gasteiger partial charge in [-0.15, -0.1) is 3.89 Å². The zero-order chi connectivity index (χ0) is 13.2. The lowest BCUT2D eigenvalue weighted by molar-refractivity contribution is 0.0959. The Kier molecular flexibility index (Phi) is 3.94. The van der Waals surface area contributed by atoms with Gasteiger partial charge < -0.3 is 10.1 Å². The average molecular weight is 282 g/mol. The lowest BCUT2D eigenvalue weighted by Crippen LogP contribution is -2.19. The van der Waals surface area contributed by atoms with Crippen molar-refractivity contribution < 1.29 is 21.8 Å². The largest absolute Gasteiger partial charge is 0.494 e. The molecule has 94 valence electrons. The Morgan fingerprint density at radius 3 is 2.47 bits per heavy atom. The van der Waals surface area contributed by atoms with Gasteiger partial charge in [0.15, 0.2) is 5.75 Å². The van der Waals surface area contributed by atoms with Crippen LogP contribution in [0.15, 0.2) is 17.0 Å². The molecule has 0 saturated heterocycles. The normalized spacial score (nSPS) is 11.1. The summed E-state index contributed by atoms with van der Waals surface area (Å²) in [6, 6.07) is 2.07. The molecule has 1 amide bonds. The number of hydrogen-bond donors (Lipinski definition) is 1. The zero-order valence-electron chi connectivity index (χ0n) is 8.95. The Bertz CT molecular complexity index is 558. The van der Waals surface area contributed by atoms with Crippen LogP contribution >= 0.6 is 11.6 Å². The maximum Gasteiger partial charge on any atom is 0.335 e. The molecule has 0 aromatic heterocycles. The van der Waals surface area contributed by atoms with Crippen molar-refractivity contribution in [1.29, 1.82) is 0 Å². The van der Waals surface area contributed by atoms with Gasteiger partial charge in [-0.25, -0.2) is 0 Å². The fourth-order valence-electron chi connectivity index (χ4n) is 1.26. The summed E-state index contributed by atoms with van der Waals surface area (Å²) < 4.78 is 39.5. The van der Waals surface area contributed by atoms with Crippen LogP contribution in [0, 0.1) is 0 Å². The number of benzene rings is 1. The standard InChI is InChI=1S/C9H9ClFNO4S/c1-12-9(13)6-3-5(10)4-7(8(6)16-2)17(11,14)15/h3-4H,1-2H3,(H,12,13). The summed E-state index contributed by atoms with van der Waals surface area (Å²) in [5, 5.41) is 2.18. The Morgan fingerprint density at radius 2 is 2.06 bits per heavy atom. The molecule has 5 nitrogen and oxygen atoms in total. The summed E-state index contributed by atoms with van der Waals surface area (Å²) in [6.07, 6.45) is 0. The van der Waals surface area contributed by atoms with Gasteiger partial charge in [0.05, 0.1) is 12.7 Å². The van der Waals surface area contributed by atoms with E-state index < -0.39 is 21.0 Å². The molecule has 1 rings (SSSR count). The van der Waals surface area contributed by atoms with E-state index >= 15 is 0 Å². The van der Waals surface area contributed by atoms with Crippen molar-refractivity contribution >= 4 is 27.7 Å². The van der Waals surface area contributed by atoms with Gasteiger partial charge in [0.25, 0.3) is 5.91 Å². The second-order valence-corrected chi connectivity index (χ2v) is 4.75. The number of carbonyl (C=O) groups is 1. The molecule has 17 heavy (non-hydrogen) atoms. The number of hydrogen-bond acceptors (Lipinski definition) is 4. The lowest BCUT2D eigenvalue weighted by atomic mass is 10.2. The van der Waals surface area contributed by atoms with Gasteiger partial charge in [-0.1, -0.05) is 11.6 Å². The fraction of sp³-hybridized carbons (Fsp3) is 0.222. The monoisotopic (exact) mass is 281 g/mol. The van der Waals surface area contributed by atoms with Crippen molar-refractivity contribution in [3.8, 4) is 5.75 Å². The molecular formula is C9H9ClFNO4S. The molecule has 0 heterocycles. The Hall–Kier alpha value is -1.34. The van der Waals surface area contributed by atoms with Crippen molar-refractivity contribution in [3.05, 3.63) is 22.7 Å². The van der Waals surface area contributed by atoms with Crippen LogP contribution in [-0.2, 0) is 10.2 Å². The van der Waals surface area contributed by atoms with E-state index in [0.717, 1.165) is 13.2 Å². The van der Waals surface area contributed by atoms with Crippen molar-refractivity contribution in [3.63, 3.8) is 0 Å². The van der Waals surface area contributed by atoms with E-state index in [1.165, 1.54) is 13.1 Å². The number of rotatable bonds is 3. The highest BCUT2D eigenvalue weighted by Crippen LogP contribution is 2.32. The minimum Gasteiger partial charge on any atom is -0.494 e. The van der Waals surface area contributed by atoms with Crippen molar-refractivity contribution in [2.75, 3.05) is 14.2 Å². The van der Waals surface area contributed by atoms with Gasteiger partial charge in [-0.3, -0.25) is 4.79 Å². The summed E-state index contributed by atoms with van der Waals surface area (Å²) in [4.78, 5) is 10.7. The van der Waals surface area contributed by atoms with Gasteiger partial charge in [0, 0.05) is 12.1 Å². The molecule has 0 aliphatic heterocycles. The molecule has 0 spiro atoms. The Balaban J connectivity index is 3.63. The van der Waals surface area contributed by atoms with Gasteiger partial charge >= 0.3 is 10.2 Å². The van der Waals surface area contributed by atoms with E-state index in [1.807, 2.05) is 0 Å². The van der Waals surface area contributed by atoms with E-state index in [2.05, 4.69) is 5.32 Å². The third-order valence-electron chi connectivity index (χ3n) is 1.96. The smallest absolute Gasteiger partial charge is 0.335 e. The number of ether oxygens (including phenoxy) is 1. The summed E-state index contributed by atoms with van der Waals surface area (Å²) in [5.41, 5.74) is -0.154. The second-order valence-electron chi connectivity index (χ2n) is 3.00. The van der Waals surface area contributed by atoms with E-state index in [1.54, 1.807) is 0 Å². The van der Waals surface area contributed by atoms with Crippen LogP contribution < -0.4 is 10.1 Å². The molecule has 0 aliphatic rings. The molecule has 0 fully saturated rings.